The summed E-state index contributed by atoms with van der Waals surface area (Å²) in [5.74, 6) is -0.954. The molecule has 0 aromatic heterocycles. The molecule has 0 aliphatic carbocycles. The van der Waals surface area contributed by atoms with E-state index < -0.39 is 6.10 Å². The van der Waals surface area contributed by atoms with E-state index in [4.69, 9.17) is 14.2 Å². The van der Waals surface area contributed by atoms with Crippen molar-refractivity contribution in [1.82, 2.24) is 0 Å². The van der Waals surface area contributed by atoms with E-state index in [1.54, 1.807) is 0 Å². The van der Waals surface area contributed by atoms with Crippen LogP contribution in [0.15, 0.2) is 97.2 Å². The van der Waals surface area contributed by atoms with Gasteiger partial charge < -0.3 is 14.2 Å². The molecular weight excluding hydrogens is 877 g/mol. The topological polar surface area (TPSA) is 78.9 Å². The fraction of sp³-hybridized carbons (Fsp3) is 0.708. The lowest BCUT2D eigenvalue weighted by molar-refractivity contribution is -0.167. The Labute approximate surface area is 438 Å². The standard InChI is InChI=1S/C65H110O6/c1-4-7-10-13-16-19-22-24-26-28-30-31-32-33-35-36-38-40-43-46-49-52-55-58-64(67)70-61-62(60-69-63(66)57-54-51-48-45-42-21-18-15-12-9-6-3)71-65(68)59-56-53-50-47-44-41-39-37-34-29-27-25-23-20-17-14-11-8-5-2/h7,10,16,19,24-27,30-31,33,35,38,40,46,49,62H,4-6,8-9,11-15,17-18,20-23,28-29,32,34,36-37,39,41-45,47-48,50-61H2,1-3H3/b10-7-,19-16-,26-24-,27-25-,31-30-,35-33-,40-38-,49-46-. The van der Waals surface area contributed by atoms with Gasteiger partial charge in [0, 0.05) is 19.3 Å². The van der Waals surface area contributed by atoms with E-state index in [1.165, 1.54) is 141 Å². The van der Waals surface area contributed by atoms with Gasteiger partial charge in [-0.25, -0.2) is 0 Å². The van der Waals surface area contributed by atoms with Gasteiger partial charge in [-0.1, -0.05) is 259 Å². The maximum absolute atomic E-state index is 12.9. The Kier molecular flexibility index (Phi) is 55.9. The molecule has 0 radical (unpaired) electrons. The molecule has 0 aromatic rings. The molecule has 0 aliphatic rings. The summed E-state index contributed by atoms with van der Waals surface area (Å²) in [6, 6.07) is 0. The minimum Gasteiger partial charge on any atom is -0.462 e. The average molecular weight is 988 g/mol. The maximum Gasteiger partial charge on any atom is 0.306 e. The molecule has 0 spiro atoms. The van der Waals surface area contributed by atoms with Crippen molar-refractivity contribution in [2.24, 2.45) is 0 Å². The molecule has 0 N–H and O–H groups in total. The molecule has 1 unspecified atom stereocenters. The summed E-state index contributed by atoms with van der Waals surface area (Å²) in [4.78, 5) is 38.1. The summed E-state index contributed by atoms with van der Waals surface area (Å²) in [6.45, 7) is 6.48. The van der Waals surface area contributed by atoms with Crippen LogP contribution in [-0.2, 0) is 28.6 Å². The summed E-state index contributed by atoms with van der Waals surface area (Å²) in [7, 11) is 0. The van der Waals surface area contributed by atoms with Gasteiger partial charge in [0.2, 0.25) is 0 Å². The van der Waals surface area contributed by atoms with Crippen molar-refractivity contribution in [1.29, 1.82) is 0 Å². The smallest absolute Gasteiger partial charge is 0.306 e. The van der Waals surface area contributed by atoms with E-state index >= 15 is 0 Å². The maximum atomic E-state index is 12.9. The zero-order valence-corrected chi connectivity index (χ0v) is 46.5. The Balaban J connectivity index is 4.42. The molecule has 0 aliphatic heterocycles. The number of unbranched alkanes of at least 4 members (excludes halogenated alkanes) is 26. The first-order valence-electron chi connectivity index (χ1n) is 29.7. The number of carbonyl (C=O) groups is 3. The molecule has 406 valence electrons. The number of hydrogen-bond acceptors (Lipinski definition) is 6. The van der Waals surface area contributed by atoms with Crippen LogP contribution in [0.1, 0.15) is 278 Å². The Hall–Kier alpha value is -3.67. The van der Waals surface area contributed by atoms with Gasteiger partial charge in [-0.05, 0) is 96.3 Å². The zero-order valence-electron chi connectivity index (χ0n) is 46.5. The van der Waals surface area contributed by atoms with Crippen LogP contribution < -0.4 is 0 Å². The highest BCUT2D eigenvalue weighted by Gasteiger charge is 2.19. The van der Waals surface area contributed by atoms with Crippen molar-refractivity contribution in [2.75, 3.05) is 13.2 Å². The van der Waals surface area contributed by atoms with Gasteiger partial charge in [-0.15, -0.1) is 0 Å². The minimum atomic E-state index is -0.801. The molecule has 0 saturated heterocycles. The second-order valence-electron chi connectivity index (χ2n) is 19.5. The summed E-state index contributed by atoms with van der Waals surface area (Å²) in [6.07, 6.45) is 78.4. The lowest BCUT2D eigenvalue weighted by atomic mass is 10.1. The van der Waals surface area contributed by atoms with Gasteiger partial charge in [0.25, 0.3) is 0 Å². The number of carbonyl (C=O) groups excluding carboxylic acids is 3. The highest BCUT2D eigenvalue weighted by Crippen LogP contribution is 2.15. The van der Waals surface area contributed by atoms with Gasteiger partial charge in [-0.2, -0.15) is 0 Å². The number of ether oxygens (including phenoxy) is 3. The first kappa shape index (κ1) is 67.3. The Bertz CT molecular complexity index is 1410. The Morgan fingerprint density at radius 1 is 0.296 bits per heavy atom. The predicted octanol–water partition coefficient (Wildman–Crippen LogP) is 20.1. The van der Waals surface area contributed by atoms with Crippen LogP contribution in [0.3, 0.4) is 0 Å². The molecule has 0 bridgehead atoms. The lowest BCUT2D eigenvalue weighted by Crippen LogP contribution is -2.30. The van der Waals surface area contributed by atoms with Gasteiger partial charge in [-0.3, -0.25) is 14.4 Å². The largest absolute Gasteiger partial charge is 0.462 e. The quantitative estimate of drug-likeness (QED) is 0.0261. The van der Waals surface area contributed by atoms with Crippen molar-refractivity contribution in [3.63, 3.8) is 0 Å². The van der Waals surface area contributed by atoms with Crippen molar-refractivity contribution in [2.45, 2.75) is 284 Å². The van der Waals surface area contributed by atoms with Crippen LogP contribution in [0.4, 0.5) is 0 Å². The second kappa shape index (κ2) is 58.9. The van der Waals surface area contributed by atoms with E-state index in [1.807, 2.05) is 0 Å². The first-order valence-corrected chi connectivity index (χ1v) is 29.7. The molecule has 0 aromatic carbocycles. The van der Waals surface area contributed by atoms with Crippen molar-refractivity contribution >= 4 is 17.9 Å². The van der Waals surface area contributed by atoms with Crippen molar-refractivity contribution in [3.8, 4) is 0 Å². The van der Waals surface area contributed by atoms with Crippen molar-refractivity contribution in [3.05, 3.63) is 97.2 Å². The van der Waals surface area contributed by atoms with E-state index in [-0.39, 0.29) is 37.5 Å². The Morgan fingerprint density at radius 2 is 0.563 bits per heavy atom. The molecule has 71 heavy (non-hydrogen) atoms. The summed E-state index contributed by atoms with van der Waals surface area (Å²) < 4.78 is 16.8. The summed E-state index contributed by atoms with van der Waals surface area (Å²) in [5.41, 5.74) is 0. The third kappa shape index (κ3) is 57.1. The molecule has 0 amide bonds. The molecule has 1 atom stereocenters. The van der Waals surface area contributed by atoms with Crippen LogP contribution in [0.25, 0.3) is 0 Å². The second-order valence-corrected chi connectivity index (χ2v) is 19.5. The van der Waals surface area contributed by atoms with Gasteiger partial charge in [0.1, 0.15) is 13.2 Å². The summed E-state index contributed by atoms with van der Waals surface area (Å²) >= 11 is 0. The van der Waals surface area contributed by atoms with Crippen molar-refractivity contribution < 1.29 is 28.6 Å². The first-order chi connectivity index (χ1) is 35.0. The number of hydrogen-bond donors (Lipinski definition) is 0. The van der Waals surface area contributed by atoms with Crippen LogP contribution in [0.2, 0.25) is 0 Å². The van der Waals surface area contributed by atoms with Crippen LogP contribution in [0.5, 0.6) is 0 Å². The molecular formula is C65H110O6. The van der Waals surface area contributed by atoms with Gasteiger partial charge in [0.15, 0.2) is 6.10 Å². The fourth-order valence-corrected chi connectivity index (χ4v) is 8.13. The molecule has 0 fully saturated rings. The van der Waals surface area contributed by atoms with Crippen LogP contribution in [0, 0.1) is 0 Å². The number of esters is 3. The SMILES string of the molecule is CC/C=C\C/C=C\C/C=C\C/C=C\C/C=C\C/C=C\C/C=C\CCCC(=O)OCC(COC(=O)CCCCCCCCCCCCC)OC(=O)CCCCCCCCCCC/C=C\CCCCCCCC. The average Bonchev–Trinajstić information content (AvgIpc) is 3.37. The highest BCUT2D eigenvalue weighted by atomic mass is 16.6. The molecule has 0 heterocycles. The van der Waals surface area contributed by atoms with Gasteiger partial charge in [0.05, 0.1) is 0 Å². The zero-order chi connectivity index (χ0) is 51.4. The molecule has 0 rings (SSSR count). The lowest BCUT2D eigenvalue weighted by Gasteiger charge is -2.18. The molecule has 6 heteroatoms. The van der Waals surface area contributed by atoms with E-state index in [2.05, 4.69) is 118 Å². The van der Waals surface area contributed by atoms with Gasteiger partial charge >= 0.3 is 17.9 Å². The minimum absolute atomic E-state index is 0.0945. The summed E-state index contributed by atoms with van der Waals surface area (Å²) in [5, 5.41) is 0. The fourth-order valence-electron chi connectivity index (χ4n) is 8.13. The third-order valence-electron chi connectivity index (χ3n) is 12.6. The Morgan fingerprint density at radius 3 is 0.930 bits per heavy atom. The molecule has 6 nitrogen and oxygen atoms in total. The van der Waals surface area contributed by atoms with E-state index in [9.17, 15) is 14.4 Å². The predicted molar refractivity (Wildman–Crippen MR) is 307 cm³/mol. The normalized spacial score (nSPS) is 12.8. The monoisotopic (exact) mass is 987 g/mol. The van der Waals surface area contributed by atoms with Crippen LogP contribution in [-0.4, -0.2) is 37.2 Å². The van der Waals surface area contributed by atoms with Crippen LogP contribution >= 0.6 is 0 Å². The highest BCUT2D eigenvalue weighted by molar-refractivity contribution is 5.71. The van der Waals surface area contributed by atoms with E-state index in [0.29, 0.717) is 19.3 Å². The third-order valence-corrected chi connectivity index (χ3v) is 12.6. The van der Waals surface area contributed by atoms with E-state index in [0.717, 1.165) is 89.9 Å². The number of rotatable bonds is 53. The number of allylic oxidation sites excluding steroid dienone is 16. The molecule has 0 saturated carbocycles.